The number of hydrogen-bond donors (Lipinski definition) is 1. The zero-order chi connectivity index (χ0) is 13.7. The first-order valence-electron chi connectivity index (χ1n) is 6.26. The average molecular weight is 254 g/mol. The SMILES string of the molecule is CC(C)(c1ccccc1)c1ccc(OC=CO)cc1. The molecule has 0 amide bonds. The lowest BCUT2D eigenvalue weighted by Gasteiger charge is -2.26. The van der Waals surface area contributed by atoms with E-state index in [0.29, 0.717) is 5.75 Å². The Morgan fingerprint density at radius 1 is 0.895 bits per heavy atom. The Labute approximate surface area is 114 Å². The molecule has 0 unspecified atom stereocenters. The van der Waals surface area contributed by atoms with E-state index in [4.69, 9.17) is 9.84 Å². The van der Waals surface area contributed by atoms with Gasteiger partial charge in [-0.1, -0.05) is 56.3 Å². The third-order valence-electron chi connectivity index (χ3n) is 3.34. The molecule has 0 saturated carbocycles. The summed E-state index contributed by atoms with van der Waals surface area (Å²) in [6.07, 6.45) is 2.12. The Hall–Kier alpha value is -2.22. The van der Waals surface area contributed by atoms with Gasteiger partial charge < -0.3 is 9.84 Å². The van der Waals surface area contributed by atoms with Crippen LogP contribution in [0.15, 0.2) is 67.1 Å². The molecule has 2 aromatic carbocycles. The molecule has 0 aliphatic rings. The summed E-state index contributed by atoms with van der Waals surface area (Å²) >= 11 is 0. The second-order valence-electron chi connectivity index (χ2n) is 4.92. The number of hydrogen-bond acceptors (Lipinski definition) is 2. The summed E-state index contributed by atoms with van der Waals surface area (Å²) in [5.74, 6) is 0.706. The summed E-state index contributed by atoms with van der Waals surface area (Å²) in [5.41, 5.74) is 2.45. The van der Waals surface area contributed by atoms with Crippen LogP contribution in [0.5, 0.6) is 5.75 Å². The van der Waals surface area contributed by atoms with Gasteiger partial charge in [0.1, 0.15) is 18.3 Å². The van der Waals surface area contributed by atoms with E-state index in [2.05, 4.69) is 38.1 Å². The van der Waals surface area contributed by atoms with Crippen LogP contribution in [0.4, 0.5) is 0 Å². The second-order valence-corrected chi connectivity index (χ2v) is 4.92. The van der Waals surface area contributed by atoms with Crippen LogP contribution in [-0.4, -0.2) is 5.11 Å². The fourth-order valence-electron chi connectivity index (χ4n) is 2.08. The van der Waals surface area contributed by atoms with Crippen molar-refractivity contribution in [1.29, 1.82) is 0 Å². The topological polar surface area (TPSA) is 29.5 Å². The molecule has 19 heavy (non-hydrogen) atoms. The largest absolute Gasteiger partial charge is 0.512 e. The van der Waals surface area contributed by atoms with Gasteiger partial charge in [-0.2, -0.15) is 0 Å². The van der Waals surface area contributed by atoms with Crippen LogP contribution in [0.3, 0.4) is 0 Å². The molecular weight excluding hydrogens is 236 g/mol. The molecule has 2 heteroatoms. The minimum absolute atomic E-state index is 0.0490. The van der Waals surface area contributed by atoms with Crippen molar-refractivity contribution in [2.24, 2.45) is 0 Å². The van der Waals surface area contributed by atoms with Crippen LogP contribution in [-0.2, 0) is 5.41 Å². The fraction of sp³-hybridized carbons (Fsp3) is 0.176. The maximum Gasteiger partial charge on any atom is 0.126 e. The average Bonchev–Trinajstić information content (AvgIpc) is 2.46. The molecule has 0 fully saturated rings. The molecule has 0 aromatic heterocycles. The predicted octanol–water partition coefficient (Wildman–Crippen LogP) is 4.42. The summed E-state index contributed by atoms with van der Waals surface area (Å²) in [7, 11) is 0. The molecular formula is C17H18O2. The summed E-state index contributed by atoms with van der Waals surface area (Å²) < 4.78 is 5.20. The highest BCUT2D eigenvalue weighted by molar-refractivity contribution is 5.39. The van der Waals surface area contributed by atoms with Crippen molar-refractivity contribution in [1.82, 2.24) is 0 Å². The molecule has 0 radical (unpaired) electrons. The van der Waals surface area contributed by atoms with E-state index in [1.165, 1.54) is 17.4 Å². The Morgan fingerprint density at radius 2 is 1.47 bits per heavy atom. The lowest BCUT2D eigenvalue weighted by Crippen LogP contribution is -2.18. The first kappa shape index (κ1) is 13.2. The van der Waals surface area contributed by atoms with E-state index >= 15 is 0 Å². The van der Waals surface area contributed by atoms with Crippen molar-refractivity contribution in [3.05, 3.63) is 78.2 Å². The van der Waals surface area contributed by atoms with Crippen molar-refractivity contribution in [2.45, 2.75) is 19.3 Å². The van der Waals surface area contributed by atoms with Crippen LogP contribution in [0, 0.1) is 0 Å². The monoisotopic (exact) mass is 254 g/mol. The highest BCUT2D eigenvalue weighted by atomic mass is 16.5. The molecule has 0 aliphatic heterocycles. The lowest BCUT2D eigenvalue weighted by atomic mass is 9.78. The van der Waals surface area contributed by atoms with E-state index in [0.717, 1.165) is 6.26 Å². The van der Waals surface area contributed by atoms with E-state index in [9.17, 15) is 0 Å². The van der Waals surface area contributed by atoms with Crippen molar-refractivity contribution in [3.8, 4) is 5.75 Å². The van der Waals surface area contributed by atoms with E-state index < -0.39 is 0 Å². The highest BCUT2D eigenvalue weighted by Gasteiger charge is 2.22. The lowest BCUT2D eigenvalue weighted by molar-refractivity contribution is 0.414. The number of aliphatic hydroxyl groups excluding tert-OH is 1. The van der Waals surface area contributed by atoms with Crippen molar-refractivity contribution >= 4 is 0 Å². The Bertz CT molecular complexity index is 539. The number of benzene rings is 2. The zero-order valence-corrected chi connectivity index (χ0v) is 11.2. The van der Waals surface area contributed by atoms with Gasteiger partial charge in [-0.05, 0) is 23.3 Å². The minimum Gasteiger partial charge on any atom is -0.512 e. The maximum absolute atomic E-state index is 8.55. The van der Waals surface area contributed by atoms with Crippen LogP contribution in [0.1, 0.15) is 25.0 Å². The zero-order valence-electron chi connectivity index (χ0n) is 11.2. The molecule has 0 heterocycles. The normalized spacial score (nSPS) is 11.7. The molecule has 0 atom stereocenters. The quantitative estimate of drug-likeness (QED) is 0.818. The Morgan fingerprint density at radius 3 is 2.05 bits per heavy atom. The fourth-order valence-corrected chi connectivity index (χ4v) is 2.08. The van der Waals surface area contributed by atoms with Gasteiger partial charge >= 0.3 is 0 Å². The van der Waals surface area contributed by atoms with Gasteiger partial charge in [-0.25, -0.2) is 0 Å². The number of rotatable bonds is 4. The number of aliphatic hydroxyl groups is 1. The van der Waals surface area contributed by atoms with Gasteiger partial charge in [0.2, 0.25) is 0 Å². The summed E-state index contributed by atoms with van der Waals surface area (Å²) in [5, 5.41) is 8.55. The molecule has 0 bridgehead atoms. The molecule has 98 valence electrons. The summed E-state index contributed by atoms with van der Waals surface area (Å²) in [6.45, 7) is 4.40. The third kappa shape index (κ3) is 2.97. The summed E-state index contributed by atoms with van der Waals surface area (Å²) in [6, 6.07) is 18.3. The van der Waals surface area contributed by atoms with Crippen molar-refractivity contribution < 1.29 is 9.84 Å². The molecule has 2 nitrogen and oxygen atoms in total. The van der Waals surface area contributed by atoms with Crippen LogP contribution >= 0.6 is 0 Å². The van der Waals surface area contributed by atoms with Crippen LogP contribution < -0.4 is 4.74 Å². The van der Waals surface area contributed by atoms with E-state index in [1.54, 1.807) is 0 Å². The third-order valence-corrected chi connectivity index (χ3v) is 3.34. The van der Waals surface area contributed by atoms with Crippen molar-refractivity contribution in [2.75, 3.05) is 0 Å². The minimum atomic E-state index is -0.0490. The smallest absolute Gasteiger partial charge is 0.126 e. The Kier molecular flexibility index (Phi) is 3.91. The van der Waals surface area contributed by atoms with Gasteiger partial charge in [-0.15, -0.1) is 0 Å². The number of ether oxygens (including phenoxy) is 1. The van der Waals surface area contributed by atoms with Gasteiger partial charge in [0, 0.05) is 5.41 Å². The van der Waals surface area contributed by atoms with E-state index in [1.807, 2.05) is 30.3 Å². The van der Waals surface area contributed by atoms with Gasteiger partial charge in [-0.3, -0.25) is 0 Å². The Balaban J connectivity index is 2.26. The standard InChI is InChI=1S/C17H18O2/c1-17(2,14-6-4-3-5-7-14)15-8-10-16(11-9-15)19-13-12-18/h3-13,18H,1-2H3. The highest BCUT2D eigenvalue weighted by Crippen LogP contribution is 2.32. The van der Waals surface area contributed by atoms with Crippen LogP contribution in [0.25, 0.3) is 0 Å². The van der Waals surface area contributed by atoms with E-state index in [-0.39, 0.29) is 5.41 Å². The second kappa shape index (κ2) is 5.61. The van der Waals surface area contributed by atoms with Crippen molar-refractivity contribution in [3.63, 3.8) is 0 Å². The van der Waals surface area contributed by atoms with Gasteiger partial charge in [0.15, 0.2) is 0 Å². The molecule has 1 N–H and O–H groups in total. The molecule has 0 aliphatic carbocycles. The molecule has 0 saturated heterocycles. The van der Waals surface area contributed by atoms with Crippen LogP contribution in [0.2, 0.25) is 0 Å². The van der Waals surface area contributed by atoms with Gasteiger partial charge in [0.05, 0.1) is 0 Å². The van der Waals surface area contributed by atoms with Gasteiger partial charge in [0.25, 0.3) is 0 Å². The first-order chi connectivity index (χ1) is 9.14. The molecule has 2 aromatic rings. The maximum atomic E-state index is 8.55. The first-order valence-corrected chi connectivity index (χ1v) is 6.26. The molecule has 2 rings (SSSR count). The predicted molar refractivity (Wildman–Crippen MR) is 77.4 cm³/mol. The summed E-state index contributed by atoms with van der Waals surface area (Å²) in [4.78, 5) is 0. The molecule has 0 spiro atoms.